The molecule has 0 aromatic carbocycles. The molecule has 124 valence electrons. The van der Waals surface area contributed by atoms with Crippen LogP contribution in [0.4, 0.5) is 0 Å². The largest absolute Gasteiger partial charge is 0.317 e. The molecule has 0 radical (unpaired) electrons. The zero-order valence-corrected chi connectivity index (χ0v) is 14.7. The van der Waals surface area contributed by atoms with Crippen LogP contribution in [-0.2, 0) is 0 Å². The van der Waals surface area contributed by atoms with Crippen molar-refractivity contribution in [2.75, 3.05) is 13.1 Å². The van der Waals surface area contributed by atoms with E-state index in [1.165, 1.54) is 90.1 Å². The highest BCUT2D eigenvalue weighted by Gasteiger charge is 1.89. The maximum atomic E-state index is 3.56. The molecule has 0 bridgehead atoms. The number of rotatable bonds is 16. The highest BCUT2D eigenvalue weighted by atomic mass is 14.8. The SMILES string of the molecule is CCCC/C=C/CCCCNCCCC/C=C/CCCC. The Bertz CT molecular complexity index is 206. The Hall–Kier alpha value is -0.560. The van der Waals surface area contributed by atoms with E-state index in [0.717, 1.165) is 0 Å². The van der Waals surface area contributed by atoms with Crippen LogP contribution in [0.15, 0.2) is 24.3 Å². The number of hydrogen-bond donors (Lipinski definition) is 1. The maximum absolute atomic E-state index is 3.56. The lowest BCUT2D eigenvalue weighted by Gasteiger charge is -2.03. The van der Waals surface area contributed by atoms with Gasteiger partial charge in [0.2, 0.25) is 0 Å². The monoisotopic (exact) mass is 293 g/mol. The summed E-state index contributed by atoms with van der Waals surface area (Å²) < 4.78 is 0. The van der Waals surface area contributed by atoms with Crippen LogP contribution >= 0.6 is 0 Å². The fourth-order valence-corrected chi connectivity index (χ4v) is 2.26. The molecular formula is C20H39N. The molecule has 0 unspecified atom stereocenters. The van der Waals surface area contributed by atoms with Crippen LogP contribution in [0.25, 0.3) is 0 Å². The van der Waals surface area contributed by atoms with E-state index in [1.54, 1.807) is 0 Å². The van der Waals surface area contributed by atoms with Gasteiger partial charge < -0.3 is 5.32 Å². The molecule has 1 nitrogen and oxygen atoms in total. The van der Waals surface area contributed by atoms with Crippen molar-refractivity contribution < 1.29 is 0 Å². The Kier molecular flexibility index (Phi) is 18.9. The Morgan fingerprint density at radius 2 is 0.905 bits per heavy atom. The van der Waals surface area contributed by atoms with Crippen molar-refractivity contribution in [1.82, 2.24) is 5.32 Å². The first-order valence-corrected chi connectivity index (χ1v) is 9.42. The van der Waals surface area contributed by atoms with E-state index in [4.69, 9.17) is 0 Å². The minimum Gasteiger partial charge on any atom is -0.317 e. The fraction of sp³-hybridized carbons (Fsp3) is 0.800. The first kappa shape index (κ1) is 20.4. The van der Waals surface area contributed by atoms with E-state index in [1.807, 2.05) is 0 Å². The number of hydrogen-bond acceptors (Lipinski definition) is 1. The van der Waals surface area contributed by atoms with Gasteiger partial charge in [0.25, 0.3) is 0 Å². The number of unbranched alkanes of at least 4 members (excludes halogenated alkanes) is 8. The van der Waals surface area contributed by atoms with Crippen molar-refractivity contribution in [2.24, 2.45) is 0 Å². The lowest BCUT2D eigenvalue weighted by molar-refractivity contribution is 0.593. The molecule has 0 saturated carbocycles. The van der Waals surface area contributed by atoms with Crippen molar-refractivity contribution in [1.29, 1.82) is 0 Å². The molecule has 0 amide bonds. The average molecular weight is 294 g/mol. The Morgan fingerprint density at radius 1 is 0.524 bits per heavy atom. The smallest absolute Gasteiger partial charge is 0.00488 e. The van der Waals surface area contributed by atoms with Gasteiger partial charge in [-0.2, -0.15) is 0 Å². The second kappa shape index (κ2) is 19.4. The van der Waals surface area contributed by atoms with Crippen LogP contribution in [0.1, 0.15) is 90.9 Å². The molecule has 0 rings (SSSR count). The molecule has 0 aliphatic heterocycles. The van der Waals surface area contributed by atoms with Crippen molar-refractivity contribution >= 4 is 0 Å². The molecule has 0 saturated heterocycles. The summed E-state index contributed by atoms with van der Waals surface area (Å²) in [5.74, 6) is 0. The standard InChI is InChI=1S/C20H39N/c1-3-5-7-9-11-13-15-17-19-21-20-18-16-14-12-10-8-6-4-2/h9-12,21H,3-8,13-20H2,1-2H3/b11-9+,12-10+. The molecule has 0 aromatic rings. The number of allylic oxidation sites excluding steroid dienone is 4. The molecule has 21 heavy (non-hydrogen) atoms. The second-order valence-corrected chi connectivity index (χ2v) is 5.97. The lowest BCUT2D eigenvalue weighted by atomic mass is 10.2. The zero-order valence-electron chi connectivity index (χ0n) is 14.7. The molecule has 0 heterocycles. The molecule has 0 atom stereocenters. The third-order valence-electron chi connectivity index (χ3n) is 3.73. The Balaban J connectivity index is 3.05. The van der Waals surface area contributed by atoms with Crippen LogP contribution < -0.4 is 5.32 Å². The summed E-state index contributed by atoms with van der Waals surface area (Å²) in [5, 5.41) is 3.56. The van der Waals surface area contributed by atoms with Crippen LogP contribution in [0, 0.1) is 0 Å². The minimum absolute atomic E-state index is 1.19. The highest BCUT2D eigenvalue weighted by Crippen LogP contribution is 2.01. The van der Waals surface area contributed by atoms with Crippen molar-refractivity contribution in [3.8, 4) is 0 Å². The van der Waals surface area contributed by atoms with Gasteiger partial charge >= 0.3 is 0 Å². The molecule has 0 spiro atoms. The molecule has 1 N–H and O–H groups in total. The summed E-state index contributed by atoms with van der Waals surface area (Å²) in [5.41, 5.74) is 0. The van der Waals surface area contributed by atoms with Crippen molar-refractivity contribution in [3.63, 3.8) is 0 Å². The normalized spacial score (nSPS) is 11.9. The highest BCUT2D eigenvalue weighted by molar-refractivity contribution is 4.81. The van der Waals surface area contributed by atoms with E-state index in [0.29, 0.717) is 0 Å². The summed E-state index contributed by atoms with van der Waals surface area (Å²) in [7, 11) is 0. The maximum Gasteiger partial charge on any atom is -0.00488 e. The number of nitrogens with one attached hydrogen (secondary N) is 1. The fourth-order valence-electron chi connectivity index (χ4n) is 2.26. The van der Waals surface area contributed by atoms with Gasteiger partial charge in [0.15, 0.2) is 0 Å². The second-order valence-electron chi connectivity index (χ2n) is 5.97. The Morgan fingerprint density at radius 3 is 1.29 bits per heavy atom. The summed E-state index contributed by atoms with van der Waals surface area (Å²) in [4.78, 5) is 0. The van der Waals surface area contributed by atoms with Crippen LogP contribution in [-0.4, -0.2) is 13.1 Å². The van der Waals surface area contributed by atoms with Gasteiger partial charge in [0.05, 0.1) is 0 Å². The molecular weight excluding hydrogens is 254 g/mol. The average Bonchev–Trinajstić information content (AvgIpc) is 2.50. The van der Waals surface area contributed by atoms with Gasteiger partial charge in [-0.05, 0) is 64.5 Å². The van der Waals surface area contributed by atoms with Crippen molar-refractivity contribution in [3.05, 3.63) is 24.3 Å². The predicted octanol–water partition coefficient (Wildman–Crippen LogP) is 6.41. The van der Waals surface area contributed by atoms with Crippen LogP contribution in [0.2, 0.25) is 0 Å². The topological polar surface area (TPSA) is 12.0 Å². The molecule has 0 aliphatic rings. The molecule has 0 aliphatic carbocycles. The minimum atomic E-state index is 1.19. The molecule has 0 aromatic heterocycles. The first-order chi connectivity index (χ1) is 10.4. The van der Waals surface area contributed by atoms with Crippen LogP contribution in [0.5, 0.6) is 0 Å². The quantitative estimate of drug-likeness (QED) is 0.256. The van der Waals surface area contributed by atoms with Gasteiger partial charge in [-0.15, -0.1) is 0 Å². The Labute approximate surface area is 134 Å². The third kappa shape index (κ3) is 19.4. The zero-order chi connectivity index (χ0) is 15.4. The lowest BCUT2D eigenvalue weighted by Crippen LogP contribution is -2.16. The van der Waals surface area contributed by atoms with Crippen LogP contribution in [0.3, 0.4) is 0 Å². The molecule has 1 heteroatoms. The third-order valence-corrected chi connectivity index (χ3v) is 3.73. The summed E-state index contributed by atoms with van der Waals surface area (Å²) in [6, 6.07) is 0. The van der Waals surface area contributed by atoms with Crippen molar-refractivity contribution in [2.45, 2.75) is 90.9 Å². The molecule has 0 fully saturated rings. The van der Waals surface area contributed by atoms with Gasteiger partial charge in [-0.3, -0.25) is 0 Å². The van der Waals surface area contributed by atoms with Gasteiger partial charge in [-0.1, -0.05) is 63.8 Å². The summed E-state index contributed by atoms with van der Waals surface area (Å²) >= 11 is 0. The van der Waals surface area contributed by atoms with E-state index >= 15 is 0 Å². The van der Waals surface area contributed by atoms with Gasteiger partial charge in [-0.25, -0.2) is 0 Å². The van der Waals surface area contributed by atoms with Gasteiger partial charge in [0.1, 0.15) is 0 Å². The first-order valence-electron chi connectivity index (χ1n) is 9.42. The summed E-state index contributed by atoms with van der Waals surface area (Å²) in [6.45, 7) is 6.88. The van der Waals surface area contributed by atoms with Gasteiger partial charge in [0, 0.05) is 0 Å². The van der Waals surface area contributed by atoms with E-state index in [9.17, 15) is 0 Å². The van der Waals surface area contributed by atoms with E-state index in [-0.39, 0.29) is 0 Å². The predicted molar refractivity (Wildman–Crippen MR) is 97.9 cm³/mol. The summed E-state index contributed by atoms with van der Waals surface area (Å²) in [6.07, 6.45) is 25.1. The van der Waals surface area contributed by atoms with E-state index < -0.39 is 0 Å². The van der Waals surface area contributed by atoms with E-state index in [2.05, 4.69) is 43.5 Å².